The number of thiazole rings is 1. The van der Waals surface area contributed by atoms with Crippen molar-refractivity contribution in [2.45, 2.75) is 22.4 Å². The second kappa shape index (κ2) is 12.0. The van der Waals surface area contributed by atoms with Crippen LogP contribution in [0.2, 0.25) is 0 Å². The molecule has 3 atom stereocenters. The highest BCUT2D eigenvalue weighted by atomic mass is 79.9. The zero-order chi connectivity index (χ0) is 32.0. The lowest BCUT2D eigenvalue weighted by Crippen LogP contribution is -2.33. The number of anilines is 2. The van der Waals surface area contributed by atoms with Crippen molar-refractivity contribution in [3.8, 4) is 11.5 Å². The fraction of sp³-hybridized carbons (Fsp3) is 0.200. The van der Waals surface area contributed by atoms with Crippen molar-refractivity contribution in [3.63, 3.8) is 0 Å². The van der Waals surface area contributed by atoms with Gasteiger partial charge in [0.05, 0.1) is 29.3 Å². The number of rotatable bonds is 7. The summed E-state index contributed by atoms with van der Waals surface area (Å²) < 4.78 is 53.5. The van der Waals surface area contributed by atoms with E-state index in [1.165, 1.54) is 19.2 Å². The van der Waals surface area contributed by atoms with Gasteiger partial charge in [-0.05, 0) is 54.6 Å². The van der Waals surface area contributed by atoms with E-state index in [-0.39, 0.29) is 5.75 Å². The number of carbonyl (C=O) groups excluding carboxylic acids is 3. The second-order valence-electron chi connectivity index (χ2n) is 10.0. The van der Waals surface area contributed by atoms with Crippen LogP contribution in [0.15, 0.2) is 81.0 Å². The molecule has 3 aromatic carbocycles. The molecule has 0 aliphatic carbocycles. The first-order valence-corrected chi connectivity index (χ1v) is 15.7. The van der Waals surface area contributed by atoms with Crippen molar-refractivity contribution < 1.29 is 37.0 Å². The van der Waals surface area contributed by atoms with E-state index in [1.807, 2.05) is 0 Å². The van der Waals surface area contributed by atoms with E-state index < -0.39 is 63.7 Å². The molecule has 0 bridgehead atoms. The van der Waals surface area contributed by atoms with Crippen molar-refractivity contribution in [3.05, 3.63) is 96.9 Å². The average molecular weight is 721 g/mol. The van der Waals surface area contributed by atoms with E-state index in [4.69, 9.17) is 9.47 Å². The maximum Gasteiger partial charge on any atom is 0.418 e. The van der Waals surface area contributed by atoms with E-state index in [2.05, 4.69) is 26.2 Å². The van der Waals surface area contributed by atoms with E-state index in [0.29, 0.717) is 36.3 Å². The second-order valence-corrected chi connectivity index (χ2v) is 13.1. The minimum atomic E-state index is -4.82. The number of nitrogens with one attached hydrogen (secondary N) is 2. The van der Waals surface area contributed by atoms with E-state index in [0.717, 1.165) is 35.2 Å². The number of hydrogen-bond donors (Lipinski definition) is 2. The highest BCUT2D eigenvalue weighted by Crippen LogP contribution is 2.55. The molecule has 45 heavy (non-hydrogen) atoms. The molecular weight excluding hydrogens is 699 g/mol. The monoisotopic (exact) mass is 719 g/mol. The van der Waals surface area contributed by atoms with Gasteiger partial charge >= 0.3 is 11.0 Å². The molecule has 2 aliphatic heterocycles. The number of benzene rings is 3. The molecule has 3 heterocycles. The summed E-state index contributed by atoms with van der Waals surface area (Å²) in [6.45, 7) is -0.426. The number of nitrogens with zero attached hydrogens (tertiary/aromatic N) is 1. The first kappa shape index (κ1) is 30.9. The summed E-state index contributed by atoms with van der Waals surface area (Å²) in [7, 11) is 1.52. The lowest BCUT2D eigenvalue weighted by Gasteiger charge is -2.31. The highest BCUT2D eigenvalue weighted by Gasteiger charge is 2.57. The Morgan fingerprint density at radius 3 is 2.49 bits per heavy atom. The van der Waals surface area contributed by atoms with Gasteiger partial charge in [0.25, 0.3) is 5.91 Å². The molecular formula is C30H21BrF3N3O6S2. The van der Waals surface area contributed by atoms with Gasteiger partial charge in [0.1, 0.15) is 16.7 Å². The van der Waals surface area contributed by atoms with Crippen molar-refractivity contribution >= 4 is 68.1 Å². The van der Waals surface area contributed by atoms with Crippen LogP contribution in [0.4, 0.5) is 24.5 Å². The Balaban J connectivity index is 1.36. The van der Waals surface area contributed by atoms with Crippen LogP contribution in [-0.4, -0.2) is 41.7 Å². The quantitative estimate of drug-likeness (QED) is 0.224. The van der Waals surface area contributed by atoms with Crippen molar-refractivity contribution in [1.29, 1.82) is 0 Å². The summed E-state index contributed by atoms with van der Waals surface area (Å²) in [6, 6.07) is 15.9. The third-order valence-corrected chi connectivity index (χ3v) is 10.2. The third kappa shape index (κ3) is 5.87. The maximum atomic E-state index is 14.1. The molecule has 0 radical (unpaired) electrons. The minimum absolute atomic E-state index is 0.194. The fourth-order valence-corrected chi connectivity index (χ4v) is 8.29. The Bertz CT molecular complexity index is 1880. The molecule has 1 fully saturated rings. The number of para-hydroxylation sites is 1. The Morgan fingerprint density at radius 2 is 1.78 bits per heavy atom. The van der Waals surface area contributed by atoms with Gasteiger partial charge in [-0.15, -0.1) is 0 Å². The number of fused-ring (bicyclic) bond motifs is 2. The van der Waals surface area contributed by atoms with Crippen molar-refractivity contribution in [2.75, 3.05) is 23.9 Å². The maximum absolute atomic E-state index is 14.1. The molecule has 6 rings (SSSR count). The number of H-pyrrole nitrogens is 1. The Kier molecular flexibility index (Phi) is 8.26. The molecule has 0 spiro atoms. The number of hydrogen-bond acceptors (Lipinski definition) is 8. The number of ether oxygens (including phenoxy) is 2. The molecule has 2 N–H and O–H groups in total. The van der Waals surface area contributed by atoms with Gasteiger partial charge in [-0.2, -0.15) is 13.2 Å². The highest BCUT2D eigenvalue weighted by molar-refractivity contribution is 9.10. The molecule has 2 aliphatic rings. The summed E-state index contributed by atoms with van der Waals surface area (Å²) in [4.78, 5) is 56.3. The third-order valence-electron chi connectivity index (χ3n) is 7.31. The number of halogens is 4. The Labute approximate surface area is 269 Å². The van der Waals surface area contributed by atoms with Crippen molar-refractivity contribution in [2.24, 2.45) is 5.92 Å². The Hall–Kier alpha value is -4.08. The van der Waals surface area contributed by atoms with Gasteiger partial charge in [-0.3, -0.25) is 19.2 Å². The van der Waals surface area contributed by atoms with Gasteiger partial charge in [0.2, 0.25) is 11.8 Å². The molecule has 4 aromatic rings. The normalized spacial score (nSPS) is 19.2. The summed E-state index contributed by atoms with van der Waals surface area (Å²) in [5, 5.41) is 1.92. The van der Waals surface area contributed by atoms with Crippen LogP contribution in [0.3, 0.4) is 0 Å². The van der Waals surface area contributed by atoms with Crippen LogP contribution in [0, 0.1) is 5.92 Å². The van der Waals surface area contributed by atoms with Crippen molar-refractivity contribution in [1.82, 2.24) is 4.98 Å². The standard InChI is InChI=1S/C30H21BrF3N3O6S2/c1-42-16-9-7-15(8-10-16)35-21(38)13-43-20-11-6-14(31)12-17(20)22-23-25(44-26-24(22)45-29(41)36-26)28(40)37(27(23)39)19-5-3-2-4-18(19)30(32,33)34/h2-12,22-23,25H,13H2,1H3,(H,35,38)(H,36,41)/t22-,23-,25+/m0/s1. The number of carbonyl (C=O) groups is 3. The molecule has 1 saturated heterocycles. The average Bonchev–Trinajstić information content (AvgIpc) is 3.50. The molecule has 3 amide bonds. The smallest absolute Gasteiger partial charge is 0.418 e. The molecule has 1 aromatic heterocycles. The lowest BCUT2D eigenvalue weighted by atomic mass is 9.82. The lowest BCUT2D eigenvalue weighted by molar-refractivity contribution is -0.137. The van der Waals surface area contributed by atoms with Crippen LogP contribution >= 0.6 is 39.0 Å². The SMILES string of the molecule is COc1ccc(NC(=O)COc2ccc(Br)cc2[C@@H]2c3sc(=O)[nH]c3S[C@H]3C(=O)N(c4ccccc4C(F)(F)F)C(=O)[C@@H]23)cc1. The topological polar surface area (TPSA) is 118 Å². The first-order valence-electron chi connectivity index (χ1n) is 13.3. The molecule has 0 saturated carbocycles. The van der Waals surface area contributed by atoms with Gasteiger partial charge in [-0.25, -0.2) is 4.90 Å². The first-order chi connectivity index (χ1) is 21.5. The van der Waals surface area contributed by atoms with Gasteiger partial charge < -0.3 is 19.8 Å². The number of aromatic nitrogens is 1. The van der Waals surface area contributed by atoms with Crippen LogP contribution in [0.25, 0.3) is 0 Å². The van der Waals surface area contributed by atoms with Crippen LogP contribution in [-0.2, 0) is 20.6 Å². The van der Waals surface area contributed by atoms with Crippen LogP contribution in [0.5, 0.6) is 11.5 Å². The molecule has 0 unspecified atom stereocenters. The predicted octanol–water partition coefficient (Wildman–Crippen LogP) is 6.04. The number of alkyl halides is 3. The minimum Gasteiger partial charge on any atom is -0.497 e. The van der Waals surface area contributed by atoms with E-state index >= 15 is 0 Å². The summed E-state index contributed by atoms with van der Waals surface area (Å²) in [6.07, 6.45) is -4.82. The van der Waals surface area contributed by atoms with E-state index in [1.54, 1.807) is 42.5 Å². The summed E-state index contributed by atoms with van der Waals surface area (Å²) in [5.74, 6) is -3.47. The number of aromatic amines is 1. The summed E-state index contributed by atoms with van der Waals surface area (Å²) >= 11 is 5.20. The number of imide groups is 1. The number of thioether (sulfide) groups is 1. The summed E-state index contributed by atoms with van der Waals surface area (Å²) in [5.41, 5.74) is -0.805. The zero-order valence-electron chi connectivity index (χ0n) is 23.0. The number of amides is 3. The van der Waals surface area contributed by atoms with Crippen LogP contribution < -0.4 is 24.6 Å². The molecule has 9 nitrogen and oxygen atoms in total. The van der Waals surface area contributed by atoms with Gasteiger partial charge in [0.15, 0.2) is 6.61 Å². The van der Waals surface area contributed by atoms with Crippen LogP contribution in [0.1, 0.15) is 21.9 Å². The van der Waals surface area contributed by atoms with Gasteiger partial charge in [0, 0.05) is 26.5 Å². The molecule has 232 valence electrons. The zero-order valence-corrected chi connectivity index (χ0v) is 26.2. The van der Waals surface area contributed by atoms with E-state index in [9.17, 15) is 32.3 Å². The largest absolute Gasteiger partial charge is 0.497 e. The Morgan fingerprint density at radius 1 is 1.04 bits per heavy atom. The van der Waals surface area contributed by atoms with Gasteiger partial charge in [-0.1, -0.05) is 51.2 Å². The number of methoxy groups -OCH3 is 1. The fourth-order valence-electron chi connectivity index (χ4n) is 5.41. The molecule has 15 heteroatoms. The predicted molar refractivity (Wildman–Crippen MR) is 165 cm³/mol.